The lowest BCUT2D eigenvalue weighted by molar-refractivity contribution is 0.697. The van der Waals surface area contributed by atoms with Crippen LogP contribution in [0, 0.1) is 0 Å². The van der Waals surface area contributed by atoms with Gasteiger partial charge in [-0.1, -0.05) is 0 Å². The molecule has 0 aliphatic rings. The van der Waals surface area contributed by atoms with Crippen LogP contribution in [0.25, 0.3) is 5.52 Å². The Morgan fingerprint density at radius 1 is 1.17 bits per heavy atom. The van der Waals surface area contributed by atoms with Gasteiger partial charge in [-0.2, -0.15) is 10.2 Å². The number of nitrogens with zero attached hydrogens (tertiary/aromatic N) is 6. The van der Waals surface area contributed by atoms with Gasteiger partial charge in [0.25, 0.3) is 0 Å². The summed E-state index contributed by atoms with van der Waals surface area (Å²) in [7, 11) is 3.96. The van der Waals surface area contributed by atoms with Crippen molar-refractivity contribution in [1.29, 1.82) is 0 Å². The molecule has 0 spiro atoms. The summed E-state index contributed by atoms with van der Waals surface area (Å²) in [6.07, 6.45) is 7.18. The van der Waals surface area contributed by atoms with Crippen molar-refractivity contribution in [1.82, 2.24) is 24.4 Å². The standard InChI is InChI=1S/C12H14N6/c1-16(9-10-3-5-14-17(10)2)12-11-4-6-15-18(11)8-7-13-12/h3-8H,9H2,1-2H3. The maximum Gasteiger partial charge on any atom is 0.154 e. The molecule has 3 heterocycles. The fraction of sp³-hybridized carbons (Fsp3) is 0.250. The largest absolute Gasteiger partial charge is 0.352 e. The Kier molecular flexibility index (Phi) is 2.47. The molecule has 0 atom stereocenters. The number of anilines is 1. The fourth-order valence-corrected chi connectivity index (χ4v) is 2.01. The molecule has 0 amide bonds. The third kappa shape index (κ3) is 1.71. The Hall–Kier alpha value is -2.37. The molecule has 3 aromatic heterocycles. The predicted octanol–water partition coefficient (Wildman–Crippen LogP) is 1.10. The molecule has 0 saturated heterocycles. The van der Waals surface area contributed by atoms with Gasteiger partial charge in [-0.25, -0.2) is 9.50 Å². The summed E-state index contributed by atoms with van der Waals surface area (Å²) < 4.78 is 3.69. The second-order valence-electron chi connectivity index (χ2n) is 4.21. The van der Waals surface area contributed by atoms with Crippen LogP contribution in [0.2, 0.25) is 0 Å². The van der Waals surface area contributed by atoms with E-state index in [0.717, 1.165) is 23.6 Å². The normalized spacial score (nSPS) is 11.0. The number of fused-ring (bicyclic) bond motifs is 1. The lowest BCUT2D eigenvalue weighted by Gasteiger charge is -2.18. The first kappa shape index (κ1) is 10.8. The lowest BCUT2D eigenvalue weighted by Crippen LogP contribution is -2.20. The highest BCUT2D eigenvalue weighted by Gasteiger charge is 2.10. The summed E-state index contributed by atoms with van der Waals surface area (Å²) >= 11 is 0. The Morgan fingerprint density at radius 3 is 2.78 bits per heavy atom. The molecule has 0 saturated carbocycles. The Bertz CT molecular complexity index is 668. The minimum Gasteiger partial charge on any atom is -0.352 e. The van der Waals surface area contributed by atoms with Crippen LogP contribution in [-0.4, -0.2) is 31.4 Å². The molecule has 6 nitrogen and oxygen atoms in total. The first-order valence-electron chi connectivity index (χ1n) is 5.72. The highest BCUT2D eigenvalue weighted by atomic mass is 15.3. The molecule has 0 aliphatic heterocycles. The smallest absolute Gasteiger partial charge is 0.154 e. The van der Waals surface area contributed by atoms with Crippen LogP contribution in [-0.2, 0) is 13.6 Å². The quantitative estimate of drug-likeness (QED) is 0.690. The molecule has 92 valence electrons. The van der Waals surface area contributed by atoms with Crippen molar-refractivity contribution in [2.24, 2.45) is 7.05 Å². The van der Waals surface area contributed by atoms with Crippen molar-refractivity contribution < 1.29 is 0 Å². The van der Waals surface area contributed by atoms with Crippen LogP contribution in [0.3, 0.4) is 0 Å². The van der Waals surface area contributed by atoms with Crippen molar-refractivity contribution in [2.45, 2.75) is 6.54 Å². The predicted molar refractivity (Wildman–Crippen MR) is 68.3 cm³/mol. The van der Waals surface area contributed by atoms with Crippen molar-refractivity contribution in [3.8, 4) is 0 Å². The van der Waals surface area contributed by atoms with Crippen molar-refractivity contribution in [3.05, 3.63) is 42.6 Å². The zero-order chi connectivity index (χ0) is 12.5. The highest BCUT2D eigenvalue weighted by Crippen LogP contribution is 2.18. The Balaban J connectivity index is 1.95. The molecule has 0 aliphatic carbocycles. The van der Waals surface area contributed by atoms with E-state index in [4.69, 9.17) is 0 Å². The van der Waals surface area contributed by atoms with Gasteiger partial charge in [0.1, 0.15) is 5.52 Å². The number of rotatable bonds is 3. The van der Waals surface area contributed by atoms with Gasteiger partial charge in [-0.05, 0) is 12.1 Å². The molecule has 18 heavy (non-hydrogen) atoms. The van der Waals surface area contributed by atoms with Gasteiger partial charge >= 0.3 is 0 Å². The number of aryl methyl sites for hydroxylation is 1. The van der Waals surface area contributed by atoms with Crippen molar-refractivity contribution in [2.75, 3.05) is 11.9 Å². The maximum absolute atomic E-state index is 4.42. The van der Waals surface area contributed by atoms with Crippen molar-refractivity contribution >= 4 is 11.3 Å². The van der Waals surface area contributed by atoms with Gasteiger partial charge in [0.15, 0.2) is 5.82 Å². The SMILES string of the molecule is CN(Cc1ccnn1C)c1nccn2nccc12. The average Bonchev–Trinajstić information content (AvgIpc) is 2.98. The van der Waals surface area contributed by atoms with Gasteiger partial charge in [0.05, 0.1) is 18.4 Å². The molecule has 0 N–H and O–H groups in total. The minimum absolute atomic E-state index is 0.758. The molecule has 3 aromatic rings. The maximum atomic E-state index is 4.42. The number of hydrogen-bond acceptors (Lipinski definition) is 4. The average molecular weight is 242 g/mol. The molecule has 6 heteroatoms. The zero-order valence-electron chi connectivity index (χ0n) is 10.4. The van der Waals surface area contributed by atoms with Gasteiger partial charge < -0.3 is 4.90 Å². The minimum atomic E-state index is 0.758. The second-order valence-corrected chi connectivity index (χ2v) is 4.21. The van der Waals surface area contributed by atoms with Crippen LogP contribution < -0.4 is 4.90 Å². The number of aromatic nitrogens is 5. The third-order valence-corrected chi connectivity index (χ3v) is 2.99. The van der Waals surface area contributed by atoms with E-state index in [1.54, 1.807) is 18.6 Å². The van der Waals surface area contributed by atoms with Gasteiger partial charge in [-0.3, -0.25) is 4.68 Å². The van der Waals surface area contributed by atoms with Gasteiger partial charge in [0, 0.05) is 32.7 Å². The van der Waals surface area contributed by atoms with Crippen molar-refractivity contribution in [3.63, 3.8) is 0 Å². The van der Waals surface area contributed by atoms with Crippen LogP contribution in [0.5, 0.6) is 0 Å². The van der Waals surface area contributed by atoms with E-state index >= 15 is 0 Å². The van der Waals surface area contributed by atoms with Crippen LogP contribution >= 0.6 is 0 Å². The first-order valence-corrected chi connectivity index (χ1v) is 5.72. The van der Waals surface area contributed by atoms with E-state index < -0.39 is 0 Å². The summed E-state index contributed by atoms with van der Waals surface area (Å²) in [6, 6.07) is 3.97. The molecule has 0 bridgehead atoms. The fourth-order valence-electron chi connectivity index (χ4n) is 2.01. The second kappa shape index (κ2) is 4.14. The van der Waals surface area contributed by atoms with E-state index in [1.165, 1.54) is 0 Å². The van der Waals surface area contributed by atoms with E-state index in [0.29, 0.717) is 0 Å². The number of hydrogen-bond donors (Lipinski definition) is 0. The monoisotopic (exact) mass is 242 g/mol. The van der Waals surface area contributed by atoms with Crippen LogP contribution in [0.4, 0.5) is 5.82 Å². The van der Waals surface area contributed by atoms with E-state index in [1.807, 2.05) is 41.6 Å². The molecular weight excluding hydrogens is 228 g/mol. The molecular formula is C12H14N6. The van der Waals surface area contributed by atoms with Gasteiger partial charge in [0.2, 0.25) is 0 Å². The highest BCUT2D eigenvalue weighted by molar-refractivity contribution is 5.67. The Labute approximate surface area is 104 Å². The lowest BCUT2D eigenvalue weighted by atomic mass is 10.3. The van der Waals surface area contributed by atoms with E-state index in [2.05, 4.69) is 20.1 Å². The van der Waals surface area contributed by atoms with E-state index in [-0.39, 0.29) is 0 Å². The summed E-state index contributed by atoms with van der Waals surface area (Å²) in [6.45, 7) is 0.758. The summed E-state index contributed by atoms with van der Waals surface area (Å²) in [4.78, 5) is 6.52. The van der Waals surface area contributed by atoms with E-state index in [9.17, 15) is 0 Å². The third-order valence-electron chi connectivity index (χ3n) is 2.99. The summed E-state index contributed by atoms with van der Waals surface area (Å²) in [5.74, 6) is 0.913. The van der Waals surface area contributed by atoms with Gasteiger partial charge in [-0.15, -0.1) is 0 Å². The molecule has 0 aromatic carbocycles. The Morgan fingerprint density at radius 2 is 2.00 bits per heavy atom. The molecule has 0 fully saturated rings. The topological polar surface area (TPSA) is 51.2 Å². The summed E-state index contributed by atoms with van der Waals surface area (Å²) in [5.41, 5.74) is 2.14. The zero-order valence-corrected chi connectivity index (χ0v) is 10.4. The molecule has 3 rings (SSSR count). The van der Waals surface area contributed by atoms with Crippen LogP contribution in [0.1, 0.15) is 5.69 Å². The first-order chi connectivity index (χ1) is 8.75. The molecule has 0 unspecified atom stereocenters. The molecule has 0 radical (unpaired) electrons. The van der Waals surface area contributed by atoms with Crippen LogP contribution in [0.15, 0.2) is 36.9 Å². The summed E-state index contributed by atoms with van der Waals surface area (Å²) in [5, 5.41) is 8.38.